The minimum atomic E-state index is 0. The molecule has 1 aromatic rings. The first-order valence-corrected chi connectivity index (χ1v) is 6.24. The number of amides is 1. The largest absolute Gasteiger partial charge is 0.341 e. The molecule has 0 bridgehead atoms. The number of nitrogens with zero attached hydrogens (tertiary/aromatic N) is 1. The number of rotatable bonds is 2. The van der Waals surface area contributed by atoms with Gasteiger partial charge in [-0.05, 0) is 30.9 Å². The van der Waals surface area contributed by atoms with Gasteiger partial charge in [0.1, 0.15) is 0 Å². The lowest BCUT2D eigenvalue weighted by Crippen LogP contribution is -2.46. The van der Waals surface area contributed by atoms with E-state index in [1.807, 2.05) is 36.1 Å². The molecule has 2 N–H and O–H groups in total. The van der Waals surface area contributed by atoms with Gasteiger partial charge < -0.3 is 10.6 Å². The Labute approximate surface area is 115 Å². The molecule has 0 radical (unpaired) electrons. The molecular weight excluding hydrogens is 248 g/mol. The van der Waals surface area contributed by atoms with Crippen LogP contribution >= 0.6 is 12.4 Å². The fraction of sp³-hybridized carbons (Fsp3) is 0.500. The first-order chi connectivity index (χ1) is 8.16. The molecule has 4 heteroatoms. The predicted molar refractivity (Wildman–Crippen MR) is 75.9 cm³/mol. The molecule has 1 saturated heterocycles. The number of halogens is 1. The van der Waals surface area contributed by atoms with Gasteiger partial charge in [-0.1, -0.05) is 24.3 Å². The maximum atomic E-state index is 12.1. The van der Waals surface area contributed by atoms with Crippen LogP contribution in [0.4, 0.5) is 0 Å². The maximum absolute atomic E-state index is 12.1. The second-order valence-electron chi connectivity index (χ2n) is 4.85. The molecule has 1 atom stereocenters. The lowest BCUT2D eigenvalue weighted by molar-refractivity contribution is -0.131. The van der Waals surface area contributed by atoms with Crippen molar-refractivity contribution in [2.75, 3.05) is 13.1 Å². The summed E-state index contributed by atoms with van der Waals surface area (Å²) < 4.78 is 0. The zero-order valence-corrected chi connectivity index (χ0v) is 11.6. The van der Waals surface area contributed by atoms with Gasteiger partial charge in [-0.2, -0.15) is 0 Å². The van der Waals surface area contributed by atoms with Crippen molar-refractivity contribution in [2.45, 2.75) is 32.2 Å². The first kappa shape index (κ1) is 15.0. The summed E-state index contributed by atoms with van der Waals surface area (Å²) in [5, 5.41) is 0. The molecule has 1 aliphatic rings. The van der Waals surface area contributed by atoms with Gasteiger partial charge in [0.15, 0.2) is 0 Å². The molecule has 0 aliphatic carbocycles. The monoisotopic (exact) mass is 268 g/mol. The van der Waals surface area contributed by atoms with Gasteiger partial charge in [0.2, 0.25) is 5.91 Å². The van der Waals surface area contributed by atoms with Crippen LogP contribution in [0.15, 0.2) is 24.3 Å². The third-order valence-electron chi connectivity index (χ3n) is 3.41. The molecule has 18 heavy (non-hydrogen) atoms. The average Bonchev–Trinajstić information content (AvgIpc) is 2.32. The molecule has 3 nitrogen and oxygen atoms in total. The first-order valence-electron chi connectivity index (χ1n) is 6.24. The van der Waals surface area contributed by atoms with E-state index in [9.17, 15) is 4.79 Å². The Balaban J connectivity index is 0.00000162. The molecule has 1 unspecified atom stereocenters. The summed E-state index contributed by atoms with van der Waals surface area (Å²) in [5.41, 5.74) is 8.20. The zero-order chi connectivity index (χ0) is 12.3. The number of benzene rings is 1. The van der Waals surface area contributed by atoms with Crippen LogP contribution < -0.4 is 5.73 Å². The second-order valence-corrected chi connectivity index (χ2v) is 4.85. The summed E-state index contributed by atoms with van der Waals surface area (Å²) in [5.74, 6) is 0.203. The minimum Gasteiger partial charge on any atom is -0.341 e. The Bertz CT molecular complexity index is 409. The van der Waals surface area contributed by atoms with Crippen molar-refractivity contribution >= 4 is 18.3 Å². The second kappa shape index (κ2) is 6.76. The number of hydrogen-bond donors (Lipinski definition) is 1. The molecule has 1 heterocycles. The topological polar surface area (TPSA) is 46.3 Å². The maximum Gasteiger partial charge on any atom is 0.227 e. The van der Waals surface area contributed by atoms with Gasteiger partial charge in [-0.15, -0.1) is 12.4 Å². The van der Waals surface area contributed by atoms with Crippen LogP contribution in [0.2, 0.25) is 0 Å². The van der Waals surface area contributed by atoms with Crippen LogP contribution in [0.1, 0.15) is 24.0 Å². The van der Waals surface area contributed by atoms with E-state index in [2.05, 4.69) is 0 Å². The Morgan fingerprint density at radius 3 is 2.83 bits per heavy atom. The quantitative estimate of drug-likeness (QED) is 0.891. The Kier molecular flexibility index (Phi) is 5.63. The van der Waals surface area contributed by atoms with Crippen molar-refractivity contribution in [2.24, 2.45) is 5.73 Å². The SMILES string of the molecule is Cc1ccccc1CC(=O)N1CCCC(N)C1.Cl. The highest BCUT2D eigenvalue weighted by Crippen LogP contribution is 2.13. The highest BCUT2D eigenvalue weighted by atomic mass is 35.5. The molecule has 1 aliphatic heterocycles. The van der Waals surface area contributed by atoms with Gasteiger partial charge in [-0.25, -0.2) is 0 Å². The van der Waals surface area contributed by atoms with Crippen LogP contribution in [0, 0.1) is 6.92 Å². The summed E-state index contributed by atoms with van der Waals surface area (Å²) in [4.78, 5) is 14.0. The summed E-state index contributed by atoms with van der Waals surface area (Å²) in [6.07, 6.45) is 2.56. The van der Waals surface area contributed by atoms with Crippen molar-refractivity contribution < 1.29 is 4.79 Å². The molecule has 2 rings (SSSR count). The predicted octanol–water partition coefficient (Wildman–Crippen LogP) is 1.91. The van der Waals surface area contributed by atoms with Crippen molar-refractivity contribution in [3.63, 3.8) is 0 Å². The van der Waals surface area contributed by atoms with Crippen LogP contribution in [0.25, 0.3) is 0 Å². The van der Waals surface area contributed by atoms with Crippen molar-refractivity contribution in [3.8, 4) is 0 Å². The highest BCUT2D eigenvalue weighted by Gasteiger charge is 2.21. The van der Waals surface area contributed by atoms with E-state index in [0.29, 0.717) is 13.0 Å². The number of nitrogens with two attached hydrogens (primary N) is 1. The van der Waals surface area contributed by atoms with E-state index in [0.717, 1.165) is 24.9 Å². The van der Waals surface area contributed by atoms with Crippen LogP contribution in [-0.2, 0) is 11.2 Å². The van der Waals surface area contributed by atoms with E-state index < -0.39 is 0 Å². The van der Waals surface area contributed by atoms with Gasteiger partial charge >= 0.3 is 0 Å². The molecule has 0 saturated carbocycles. The van der Waals surface area contributed by atoms with Gasteiger partial charge in [0.25, 0.3) is 0 Å². The molecular formula is C14H21ClN2O. The Hall–Kier alpha value is -1.06. The van der Waals surface area contributed by atoms with E-state index >= 15 is 0 Å². The van der Waals surface area contributed by atoms with E-state index in [1.54, 1.807) is 0 Å². The number of likely N-dealkylation sites (tertiary alicyclic amines) is 1. The third-order valence-corrected chi connectivity index (χ3v) is 3.41. The van der Waals surface area contributed by atoms with E-state index in [4.69, 9.17) is 5.73 Å². The fourth-order valence-electron chi connectivity index (χ4n) is 2.32. The minimum absolute atomic E-state index is 0. The summed E-state index contributed by atoms with van der Waals surface area (Å²) in [6, 6.07) is 8.21. The summed E-state index contributed by atoms with van der Waals surface area (Å²) in [7, 11) is 0. The molecule has 1 aromatic carbocycles. The fourth-order valence-corrected chi connectivity index (χ4v) is 2.32. The van der Waals surface area contributed by atoms with Gasteiger partial charge in [0, 0.05) is 19.1 Å². The zero-order valence-electron chi connectivity index (χ0n) is 10.8. The molecule has 0 spiro atoms. The molecule has 100 valence electrons. The van der Waals surface area contributed by atoms with Crippen molar-refractivity contribution in [1.82, 2.24) is 4.90 Å². The van der Waals surface area contributed by atoms with E-state index in [1.165, 1.54) is 5.56 Å². The number of aryl methyl sites for hydroxylation is 1. The Morgan fingerprint density at radius 1 is 1.44 bits per heavy atom. The van der Waals surface area contributed by atoms with Crippen LogP contribution in [0.5, 0.6) is 0 Å². The van der Waals surface area contributed by atoms with Crippen molar-refractivity contribution in [1.29, 1.82) is 0 Å². The number of piperidine rings is 1. The number of hydrogen-bond acceptors (Lipinski definition) is 2. The molecule has 1 fully saturated rings. The smallest absolute Gasteiger partial charge is 0.227 e. The Morgan fingerprint density at radius 2 is 2.17 bits per heavy atom. The molecule has 1 amide bonds. The third kappa shape index (κ3) is 3.72. The standard InChI is InChI=1S/C14H20N2O.ClH/c1-11-5-2-3-6-12(11)9-14(17)16-8-4-7-13(15)10-16;/h2-3,5-6,13H,4,7-10,15H2,1H3;1H. The van der Waals surface area contributed by atoms with E-state index in [-0.39, 0.29) is 24.4 Å². The number of carbonyl (C=O) groups is 1. The number of carbonyl (C=O) groups excluding carboxylic acids is 1. The normalized spacial score (nSPS) is 19.2. The van der Waals surface area contributed by atoms with Gasteiger partial charge in [0.05, 0.1) is 6.42 Å². The van der Waals surface area contributed by atoms with Gasteiger partial charge in [-0.3, -0.25) is 4.79 Å². The summed E-state index contributed by atoms with van der Waals surface area (Å²) >= 11 is 0. The van der Waals surface area contributed by atoms with Crippen molar-refractivity contribution in [3.05, 3.63) is 35.4 Å². The molecule has 0 aromatic heterocycles. The summed E-state index contributed by atoms with van der Waals surface area (Å²) in [6.45, 7) is 3.62. The highest BCUT2D eigenvalue weighted by molar-refractivity contribution is 5.85. The van der Waals surface area contributed by atoms with Crippen LogP contribution in [-0.4, -0.2) is 29.9 Å². The lowest BCUT2D eigenvalue weighted by Gasteiger charge is -2.31. The van der Waals surface area contributed by atoms with Crippen LogP contribution in [0.3, 0.4) is 0 Å². The lowest BCUT2D eigenvalue weighted by atomic mass is 10.0. The average molecular weight is 269 g/mol.